The van der Waals surface area contributed by atoms with Crippen LogP contribution in [-0.4, -0.2) is 24.6 Å². The zero-order chi connectivity index (χ0) is 13.5. The summed E-state index contributed by atoms with van der Waals surface area (Å²) in [4.78, 5) is 6.89. The summed E-state index contributed by atoms with van der Waals surface area (Å²) in [6.07, 6.45) is 4.17. The second-order valence-corrected chi connectivity index (χ2v) is 5.41. The Kier molecular flexibility index (Phi) is 6.65. The van der Waals surface area contributed by atoms with Gasteiger partial charge in [0, 0.05) is 35.9 Å². The fraction of sp³-hybridized carbons (Fsp3) is 0.643. The summed E-state index contributed by atoms with van der Waals surface area (Å²) in [5.41, 5.74) is 1.25. The SMILES string of the molecule is CCNCc1cc(Br)cnc1N(C)C(CC)CC. The molecule has 0 radical (unpaired) electrons. The lowest BCUT2D eigenvalue weighted by molar-refractivity contribution is 0.582. The maximum Gasteiger partial charge on any atom is 0.133 e. The van der Waals surface area contributed by atoms with Gasteiger partial charge in [0.15, 0.2) is 0 Å². The van der Waals surface area contributed by atoms with Crippen LogP contribution in [0.4, 0.5) is 5.82 Å². The van der Waals surface area contributed by atoms with E-state index in [0.29, 0.717) is 6.04 Å². The van der Waals surface area contributed by atoms with Crippen LogP contribution in [0, 0.1) is 0 Å². The van der Waals surface area contributed by atoms with Crippen molar-refractivity contribution in [1.29, 1.82) is 0 Å². The number of nitrogens with zero attached hydrogens (tertiary/aromatic N) is 2. The molecule has 0 atom stereocenters. The highest BCUT2D eigenvalue weighted by atomic mass is 79.9. The monoisotopic (exact) mass is 313 g/mol. The van der Waals surface area contributed by atoms with Crippen LogP contribution in [0.1, 0.15) is 39.2 Å². The molecule has 0 amide bonds. The van der Waals surface area contributed by atoms with E-state index in [2.05, 4.69) is 65.0 Å². The molecular formula is C14H24BrN3. The van der Waals surface area contributed by atoms with E-state index in [1.54, 1.807) is 0 Å². The molecule has 0 bridgehead atoms. The molecule has 1 rings (SSSR count). The van der Waals surface area contributed by atoms with Crippen molar-refractivity contribution in [2.24, 2.45) is 0 Å². The minimum Gasteiger partial charge on any atom is -0.356 e. The molecule has 4 heteroatoms. The molecule has 1 aromatic rings. The van der Waals surface area contributed by atoms with Crippen LogP contribution in [0.25, 0.3) is 0 Å². The van der Waals surface area contributed by atoms with Gasteiger partial charge in [-0.05, 0) is 41.4 Å². The number of pyridine rings is 1. The van der Waals surface area contributed by atoms with Crippen molar-refractivity contribution in [1.82, 2.24) is 10.3 Å². The van der Waals surface area contributed by atoms with Gasteiger partial charge in [0.05, 0.1) is 0 Å². The Morgan fingerprint density at radius 3 is 2.56 bits per heavy atom. The van der Waals surface area contributed by atoms with Gasteiger partial charge in [-0.25, -0.2) is 4.98 Å². The number of hydrogen-bond donors (Lipinski definition) is 1. The predicted molar refractivity (Wildman–Crippen MR) is 82.1 cm³/mol. The lowest BCUT2D eigenvalue weighted by Gasteiger charge is -2.29. The van der Waals surface area contributed by atoms with E-state index in [-0.39, 0.29) is 0 Å². The average molecular weight is 314 g/mol. The topological polar surface area (TPSA) is 28.2 Å². The normalized spacial score (nSPS) is 11.0. The third kappa shape index (κ3) is 3.95. The summed E-state index contributed by atoms with van der Waals surface area (Å²) in [6.45, 7) is 8.42. The zero-order valence-corrected chi connectivity index (χ0v) is 13.4. The van der Waals surface area contributed by atoms with Gasteiger partial charge in [-0.15, -0.1) is 0 Å². The number of nitrogens with one attached hydrogen (secondary N) is 1. The van der Waals surface area contributed by atoms with Crippen molar-refractivity contribution in [3.05, 3.63) is 22.3 Å². The maximum absolute atomic E-state index is 4.59. The molecule has 0 aliphatic carbocycles. The minimum absolute atomic E-state index is 0.555. The van der Waals surface area contributed by atoms with Gasteiger partial charge in [-0.2, -0.15) is 0 Å². The van der Waals surface area contributed by atoms with Crippen LogP contribution >= 0.6 is 15.9 Å². The summed E-state index contributed by atoms with van der Waals surface area (Å²) in [7, 11) is 2.14. The second kappa shape index (κ2) is 7.74. The van der Waals surface area contributed by atoms with Gasteiger partial charge in [0.1, 0.15) is 5.82 Å². The Morgan fingerprint density at radius 2 is 2.00 bits per heavy atom. The van der Waals surface area contributed by atoms with Gasteiger partial charge in [0.25, 0.3) is 0 Å². The largest absolute Gasteiger partial charge is 0.356 e. The highest BCUT2D eigenvalue weighted by Crippen LogP contribution is 2.23. The Balaban J connectivity index is 2.98. The number of aromatic nitrogens is 1. The summed E-state index contributed by atoms with van der Waals surface area (Å²) in [6, 6.07) is 2.71. The van der Waals surface area contributed by atoms with Crippen molar-refractivity contribution in [2.75, 3.05) is 18.5 Å². The number of anilines is 1. The molecule has 0 aliphatic heterocycles. The average Bonchev–Trinajstić information content (AvgIpc) is 2.37. The van der Waals surface area contributed by atoms with Gasteiger partial charge in [0.2, 0.25) is 0 Å². The summed E-state index contributed by atoms with van der Waals surface area (Å²) in [5.74, 6) is 1.09. The first-order valence-electron chi connectivity index (χ1n) is 6.71. The van der Waals surface area contributed by atoms with Gasteiger partial charge in [-0.1, -0.05) is 20.8 Å². The molecule has 3 nitrogen and oxygen atoms in total. The van der Waals surface area contributed by atoms with Crippen LogP contribution in [0.5, 0.6) is 0 Å². The second-order valence-electron chi connectivity index (χ2n) is 4.50. The number of halogens is 1. The maximum atomic E-state index is 4.59. The van der Waals surface area contributed by atoms with Crippen molar-refractivity contribution in [3.8, 4) is 0 Å². The molecule has 0 spiro atoms. The quantitative estimate of drug-likeness (QED) is 0.834. The summed E-state index contributed by atoms with van der Waals surface area (Å²) >= 11 is 3.50. The van der Waals surface area contributed by atoms with Crippen molar-refractivity contribution in [2.45, 2.75) is 46.2 Å². The fourth-order valence-electron chi connectivity index (χ4n) is 2.19. The fourth-order valence-corrected chi connectivity index (χ4v) is 2.57. The van der Waals surface area contributed by atoms with E-state index >= 15 is 0 Å². The van der Waals surface area contributed by atoms with Gasteiger partial charge < -0.3 is 10.2 Å². The lowest BCUT2D eigenvalue weighted by atomic mass is 10.1. The van der Waals surface area contributed by atoms with E-state index < -0.39 is 0 Å². The Morgan fingerprint density at radius 1 is 1.33 bits per heavy atom. The van der Waals surface area contributed by atoms with Crippen LogP contribution < -0.4 is 10.2 Å². The van der Waals surface area contributed by atoms with Crippen LogP contribution in [0.2, 0.25) is 0 Å². The van der Waals surface area contributed by atoms with E-state index in [1.165, 1.54) is 5.56 Å². The molecule has 0 unspecified atom stereocenters. The van der Waals surface area contributed by atoms with E-state index in [1.807, 2.05) is 6.20 Å². The smallest absolute Gasteiger partial charge is 0.133 e. The Hall–Kier alpha value is -0.610. The van der Waals surface area contributed by atoms with Crippen molar-refractivity contribution < 1.29 is 0 Å². The molecule has 18 heavy (non-hydrogen) atoms. The summed E-state index contributed by atoms with van der Waals surface area (Å²) in [5, 5.41) is 3.37. The molecule has 1 N–H and O–H groups in total. The van der Waals surface area contributed by atoms with Gasteiger partial charge >= 0.3 is 0 Å². The lowest BCUT2D eigenvalue weighted by Crippen LogP contribution is -2.32. The Bertz CT molecular complexity index is 364. The third-order valence-corrected chi connectivity index (χ3v) is 3.73. The predicted octanol–water partition coefficient (Wildman–Crippen LogP) is 3.58. The van der Waals surface area contributed by atoms with Crippen molar-refractivity contribution >= 4 is 21.7 Å². The number of rotatable bonds is 7. The van der Waals surface area contributed by atoms with Crippen molar-refractivity contribution in [3.63, 3.8) is 0 Å². The molecule has 0 fully saturated rings. The highest BCUT2D eigenvalue weighted by Gasteiger charge is 2.15. The molecule has 102 valence electrons. The molecule has 0 saturated heterocycles. The van der Waals surface area contributed by atoms with E-state index in [4.69, 9.17) is 0 Å². The first-order chi connectivity index (χ1) is 8.63. The van der Waals surface area contributed by atoms with Crippen LogP contribution in [0.3, 0.4) is 0 Å². The standard InChI is InChI=1S/C14H24BrN3/c1-5-13(6-2)18(4)14-11(9-16-7-3)8-12(15)10-17-14/h8,10,13,16H,5-7,9H2,1-4H3. The van der Waals surface area contributed by atoms with E-state index in [9.17, 15) is 0 Å². The third-order valence-electron chi connectivity index (χ3n) is 3.30. The van der Waals surface area contributed by atoms with Gasteiger partial charge in [-0.3, -0.25) is 0 Å². The molecule has 1 heterocycles. The first kappa shape index (κ1) is 15.4. The molecular weight excluding hydrogens is 290 g/mol. The molecule has 0 saturated carbocycles. The zero-order valence-electron chi connectivity index (χ0n) is 11.8. The van der Waals surface area contributed by atoms with Crippen LogP contribution in [-0.2, 0) is 6.54 Å². The summed E-state index contributed by atoms with van der Waals surface area (Å²) < 4.78 is 1.04. The highest BCUT2D eigenvalue weighted by molar-refractivity contribution is 9.10. The molecule has 0 aromatic carbocycles. The molecule has 1 aromatic heterocycles. The van der Waals surface area contributed by atoms with E-state index in [0.717, 1.165) is 36.2 Å². The molecule has 0 aliphatic rings. The first-order valence-corrected chi connectivity index (χ1v) is 7.51. The number of hydrogen-bond acceptors (Lipinski definition) is 3. The van der Waals surface area contributed by atoms with Crippen LogP contribution in [0.15, 0.2) is 16.7 Å². The Labute approximate surface area is 119 Å². The minimum atomic E-state index is 0.555.